The monoisotopic (exact) mass is 712 g/mol. The minimum atomic E-state index is 0.170. The molecule has 31 heavy (non-hydrogen) atoms. The molecular weight excluding hydrogens is 681 g/mol. The first-order valence-corrected chi connectivity index (χ1v) is 25.4. The summed E-state index contributed by atoms with van der Waals surface area (Å²) in [5.74, 6) is 0. The molecule has 4 aromatic carbocycles. The van der Waals surface area contributed by atoms with E-state index in [0.717, 1.165) is 0 Å². The number of rotatable bonds is 3. The fraction of sp³-hybridized carbons (Fsp3) is 0.286. The van der Waals surface area contributed by atoms with Crippen LogP contribution in [0, 0.1) is 34.6 Å². The third kappa shape index (κ3) is 7.11. The van der Waals surface area contributed by atoms with Gasteiger partial charge in [-0.1, -0.05) is 96.3 Å². The zero-order valence-corrected chi connectivity index (χ0v) is 26.2. The molecule has 0 aromatic heterocycles. The van der Waals surface area contributed by atoms with Gasteiger partial charge in [0.1, 0.15) is 0 Å². The van der Waals surface area contributed by atoms with Crippen molar-refractivity contribution in [3.05, 3.63) is 94.0 Å². The van der Waals surface area contributed by atoms with Crippen molar-refractivity contribution in [3.63, 3.8) is 0 Å². The van der Waals surface area contributed by atoms with Crippen LogP contribution < -0.4 is 0 Å². The molecule has 3 heteroatoms. The molecule has 0 aliphatic heterocycles. The number of halogens is 2. The Kier molecular flexibility index (Phi) is 11.7. The fourth-order valence-electron chi connectivity index (χ4n) is 4.18. The van der Waals surface area contributed by atoms with Crippen LogP contribution in [0.3, 0.4) is 0 Å². The van der Waals surface area contributed by atoms with E-state index in [0.29, 0.717) is 0 Å². The molecule has 0 N–H and O–H groups in total. The molecule has 162 valence electrons. The summed E-state index contributed by atoms with van der Waals surface area (Å²) in [7, 11) is 0. The van der Waals surface area contributed by atoms with Crippen molar-refractivity contribution >= 4 is 46.9 Å². The average Bonchev–Trinajstić information content (AvgIpc) is 3.24. The molecule has 0 bridgehead atoms. The van der Waals surface area contributed by atoms with E-state index in [1.807, 2.05) is 0 Å². The Labute approximate surface area is 218 Å². The third-order valence-corrected chi connectivity index (χ3v) is 6.07. The third-order valence-electron chi connectivity index (χ3n) is 6.07. The van der Waals surface area contributed by atoms with Gasteiger partial charge in [0.25, 0.3) is 0 Å². The molecule has 0 spiro atoms. The maximum absolute atomic E-state index is 2.45. The molecule has 0 saturated carbocycles. The van der Waals surface area contributed by atoms with Crippen LogP contribution in [0.4, 0.5) is 0 Å². The van der Waals surface area contributed by atoms with Gasteiger partial charge in [0, 0.05) is 0 Å². The second-order valence-corrected chi connectivity index (χ2v) is 27.0. The second-order valence-electron chi connectivity index (χ2n) is 8.01. The van der Waals surface area contributed by atoms with Crippen molar-refractivity contribution in [3.8, 4) is 11.1 Å². The number of hydrogen-bond acceptors (Lipinski definition) is 0. The molecule has 4 aromatic rings. The van der Waals surface area contributed by atoms with Crippen LogP contribution in [-0.4, -0.2) is 0 Å². The predicted molar refractivity (Wildman–Crippen MR) is 153 cm³/mol. The van der Waals surface area contributed by atoms with E-state index in [-0.39, 0.29) is 14.9 Å². The molecule has 0 aliphatic carbocycles. The topological polar surface area (TPSA) is 0 Å². The van der Waals surface area contributed by atoms with Crippen LogP contribution >= 0.6 is 36.1 Å². The van der Waals surface area contributed by atoms with Crippen molar-refractivity contribution in [1.29, 1.82) is 0 Å². The molecule has 0 radical (unpaired) electrons. The standard InChI is InChI=1S/C16H13.C12H19.2HI.Zr/c1-12-10-14-8-5-9-15(16(14)11-12)13-6-3-2-4-7-13;1-6-7-12-10(4)8(2)9(3)11(12)5;;;/h2-11H,1H3;6-7H2,1-5H3;2*1H;/q2*-1;;;+4/p-2. The first kappa shape index (κ1) is 27.0. The van der Waals surface area contributed by atoms with Crippen molar-refractivity contribution in [2.75, 3.05) is 0 Å². The van der Waals surface area contributed by atoms with Crippen LogP contribution in [0.25, 0.3) is 21.9 Å². The normalized spacial score (nSPS) is 10.1. The molecular formula is C28H32I2Zr. The van der Waals surface area contributed by atoms with Gasteiger partial charge in [-0.2, -0.15) is 33.9 Å². The van der Waals surface area contributed by atoms with Crippen molar-refractivity contribution in [1.82, 2.24) is 0 Å². The summed E-state index contributed by atoms with van der Waals surface area (Å²) < 4.78 is 0. The van der Waals surface area contributed by atoms with E-state index in [9.17, 15) is 0 Å². The number of fused-ring (bicyclic) bond motifs is 1. The van der Waals surface area contributed by atoms with E-state index in [1.54, 1.807) is 5.56 Å². The first-order valence-electron chi connectivity index (χ1n) is 10.7. The Morgan fingerprint density at radius 1 is 0.903 bits per heavy atom. The summed E-state index contributed by atoms with van der Waals surface area (Å²) in [5.41, 5.74) is 11.6. The number of hydrogen-bond donors (Lipinski definition) is 0. The quantitative estimate of drug-likeness (QED) is 0.147. The van der Waals surface area contributed by atoms with Gasteiger partial charge >= 0.3 is 50.9 Å². The summed E-state index contributed by atoms with van der Waals surface area (Å²) >= 11 is 5.06. The molecule has 4 rings (SSSR count). The van der Waals surface area contributed by atoms with Crippen molar-refractivity contribution in [2.45, 2.75) is 54.4 Å². The van der Waals surface area contributed by atoms with Crippen LogP contribution in [0.15, 0.2) is 60.7 Å². The van der Waals surface area contributed by atoms with Crippen molar-refractivity contribution < 1.29 is 14.9 Å². The van der Waals surface area contributed by atoms with Gasteiger partial charge in [-0.05, 0) is 5.56 Å². The summed E-state index contributed by atoms with van der Waals surface area (Å²) in [6, 6.07) is 21.6. The van der Waals surface area contributed by atoms with E-state index in [1.165, 1.54) is 62.6 Å². The zero-order valence-electron chi connectivity index (χ0n) is 19.4. The Morgan fingerprint density at radius 3 is 2.10 bits per heavy atom. The van der Waals surface area contributed by atoms with E-state index in [4.69, 9.17) is 0 Å². The van der Waals surface area contributed by atoms with E-state index in [2.05, 4.69) is 138 Å². The molecule has 0 unspecified atom stereocenters. The van der Waals surface area contributed by atoms with Gasteiger partial charge in [-0.15, -0.1) is 34.5 Å². The Morgan fingerprint density at radius 2 is 1.55 bits per heavy atom. The number of benzene rings is 2. The van der Waals surface area contributed by atoms with Crippen LogP contribution in [0.1, 0.15) is 46.7 Å². The first-order chi connectivity index (χ1) is 14.8. The second kappa shape index (κ2) is 13.4. The average molecular weight is 714 g/mol. The van der Waals surface area contributed by atoms with Gasteiger partial charge in [0.15, 0.2) is 0 Å². The van der Waals surface area contributed by atoms with Crippen LogP contribution in [0.2, 0.25) is 0 Å². The molecule has 0 fully saturated rings. The van der Waals surface area contributed by atoms with Gasteiger partial charge in [-0.25, -0.2) is 0 Å². The summed E-state index contributed by atoms with van der Waals surface area (Å²) in [6.07, 6.45) is 2.50. The van der Waals surface area contributed by atoms with Gasteiger partial charge < -0.3 is 0 Å². The minimum absolute atomic E-state index is 0.170. The van der Waals surface area contributed by atoms with Gasteiger partial charge in [-0.3, -0.25) is 0 Å². The number of aryl methyl sites for hydroxylation is 1. The van der Waals surface area contributed by atoms with Gasteiger partial charge in [0.05, 0.1) is 0 Å². The molecule has 0 saturated heterocycles. The maximum atomic E-state index is 2.45. The van der Waals surface area contributed by atoms with E-state index < -0.39 is 0 Å². The molecule has 0 aliphatic rings. The Balaban J connectivity index is 0.000000203. The van der Waals surface area contributed by atoms with Crippen molar-refractivity contribution in [2.24, 2.45) is 0 Å². The zero-order chi connectivity index (χ0) is 23.0. The summed E-state index contributed by atoms with van der Waals surface area (Å²) in [4.78, 5) is 0. The molecule has 0 atom stereocenters. The molecule has 0 nitrogen and oxygen atoms in total. The summed E-state index contributed by atoms with van der Waals surface area (Å²) in [5, 5.41) is 2.69. The molecule has 0 amide bonds. The van der Waals surface area contributed by atoms with Crippen LogP contribution in [0.5, 0.6) is 0 Å². The van der Waals surface area contributed by atoms with Crippen LogP contribution in [-0.2, 0) is 21.3 Å². The Bertz CT molecular complexity index is 1060. The Hall–Kier alpha value is -0.257. The predicted octanol–water partition coefficient (Wildman–Crippen LogP) is 9.89. The summed E-state index contributed by atoms with van der Waals surface area (Å²) in [6.45, 7) is 13.4. The van der Waals surface area contributed by atoms with E-state index >= 15 is 0 Å². The van der Waals surface area contributed by atoms with Gasteiger partial charge in [0.2, 0.25) is 0 Å². The molecule has 0 heterocycles. The fourth-order valence-corrected chi connectivity index (χ4v) is 4.18. The SMILES string of the molecule is CCCc1c(C)c(C)c(C)[c-]1C.Cc1cc2c(-c3ccccc3)cccc2[cH-]1.[I][Zr+2][I].